The van der Waals surface area contributed by atoms with Crippen LogP contribution in [0.3, 0.4) is 0 Å². The molecule has 4 N–H and O–H groups in total. The molecule has 1 saturated carbocycles. The van der Waals surface area contributed by atoms with E-state index in [2.05, 4.69) is 62.2 Å². The SMILES string of the molecule is CC(C)(F)c1cc(Nc2nc(Nc3ccc4c(c3)CNCC4(C)C)ncc2C(=O)NC2CC2)ccn1. The van der Waals surface area contributed by atoms with Crippen molar-refractivity contribution in [3.8, 4) is 0 Å². The highest BCUT2D eigenvalue weighted by Gasteiger charge is 2.28. The van der Waals surface area contributed by atoms with Crippen LogP contribution < -0.4 is 21.3 Å². The molecule has 0 radical (unpaired) electrons. The first kappa shape index (κ1) is 24.1. The van der Waals surface area contributed by atoms with Crippen LogP contribution in [-0.2, 0) is 17.6 Å². The number of carbonyl (C=O) groups excluding carboxylic acids is 1. The van der Waals surface area contributed by atoms with Crippen molar-refractivity contribution in [1.82, 2.24) is 25.6 Å². The lowest BCUT2D eigenvalue weighted by Gasteiger charge is -2.33. The minimum atomic E-state index is -1.60. The zero-order valence-electron chi connectivity index (χ0n) is 21.1. The maximum atomic E-state index is 14.5. The first-order chi connectivity index (χ1) is 17.1. The van der Waals surface area contributed by atoms with Gasteiger partial charge in [0.15, 0.2) is 0 Å². The summed E-state index contributed by atoms with van der Waals surface area (Å²) in [5, 5.41) is 12.9. The molecule has 0 unspecified atom stereocenters. The summed E-state index contributed by atoms with van der Waals surface area (Å²) in [6.07, 6.45) is 4.99. The van der Waals surface area contributed by atoms with E-state index in [0.717, 1.165) is 31.6 Å². The van der Waals surface area contributed by atoms with Gasteiger partial charge in [-0.05, 0) is 62.1 Å². The number of pyridine rings is 1. The lowest BCUT2D eigenvalue weighted by atomic mass is 9.79. The Labute approximate surface area is 210 Å². The van der Waals surface area contributed by atoms with Gasteiger partial charge in [0.25, 0.3) is 5.91 Å². The maximum Gasteiger partial charge on any atom is 0.256 e. The number of hydrogen-bond acceptors (Lipinski definition) is 7. The van der Waals surface area contributed by atoms with Crippen LogP contribution >= 0.6 is 0 Å². The second-order valence-corrected chi connectivity index (χ2v) is 10.7. The average Bonchev–Trinajstić information content (AvgIpc) is 3.62. The summed E-state index contributed by atoms with van der Waals surface area (Å²) in [6, 6.07) is 9.80. The smallest absolute Gasteiger partial charge is 0.256 e. The molecule has 1 aromatic carbocycles. The van der Waals surface area contributed by atoms with E-state index in [9.17, 15) is 9.18 Å². The van der Waals surface area contributed by atoms with Crippen molar-refractivity contribution in [2.24, 2.45) is 0 Å². The monoisotopic (exact) mass is 489 g/mol. The fourth-order valence-electron chi connectivity index (χ4n) is 4.38. The highest BCUT2D eigenvalue weighted by atomic mass is 19.1. The number of aromatic nitrogens is 3. The zero-order chi connectivity index (χ0) is 25.5. The number of nitrogens with zero attached hydrogens (tertiary/aromatic N) is 3. The quantitative estimate of drug-likeness (QED) is 0.377. The van der Waals surface area contributed by atoms with Gasteiger partial charge in [-0.3, -0.25) is 9.78 Å². The van der Waals surface area contributed by atoms with Crippen LogP contribution in [0.1, 0.15) is 67.7 Å². The lowest BCUT2D eigenvalue weighted by molar-refractivity contribution is 0.0951. The molecule has 2 aromatic heterocycles. The first-order valence-corrected chi connectivity index (χ1v) is 12.3. The second kappa shape index (κ2) is 9.13. The second-order valence-electron chi connectivity index (χ2n) is 10.7. The molecule has 9 heteroatoms. The molecule has 8 nitrogen and oxygen atoms in total. The fourth-order valence-corrected chi connectivity index (χ4v) is 4.38. The molecule has 1 aliphatic carbocycles. The van der Waals surface area contributed by atoms with Crippen LogP contribution in [0.2, 0.25) is 0 Å². The maximum absolute atomic E-state index is 14.5. The summed E-state index contributed by atoms with van der Waals surface area (Å²) in [5.74, 6) is 0.442. The summed E-state index contributed by atoms with van der Waals surface area (Å²) >= 11 is 0. The molecule has 0 spiro atoms. The number of fused-ring (bicyclic) bond motifs is 1. The largest absolute Gasteiger partial charge is 0.349 e. The Bertz CT molecular complexity index is 1300. The number of rotatable bonds is 7. The Kier molecular flexibility index (Phi) is 6.12. The van der Waals surface area contributed by atoms with Crippen molar-refractivity contribution < 1.29 is 9.18 Å². The van der Waals surface area contributed by atoms with Gasteiger partial charge in [0.1, 0.15) is 17.1 Å². The number of anilines is 4. The molecule has 2 aliphatic rings. The number of hydrogen-bond donors (Lipinski definition) is 4. The van der Waals surface area contributed by atoms with Crippen LogP contribution in [-0.4, -0.2) is 33.4 Å². The van der Waals surface area contributed by atoms with E-state index >= 15 is 0 Å². The molecule has 1 amide bonds. The van der Waals surface area contributed by atoms with Gasteiger partial charge >= 0.3 is 0 Å². The Balaban J connectivity index is 1.44. The summed E-state index contributed by atoms with van der Waals surface area (Å²) < 4.78 is 14.5. The van der Waals surface area contributed by atoms with Crippen molar-refractivity contribution in [3.05, 3.63) is 65.1 Å². The molecule has 188 valence electrons. The van der Waals surface area contributed by atoms with Crippen molar-refractivity contribution in [1.29, 1.82) is 0 Å². The van der Waals surface area contributed by atoms with E-state index < -0.39 is 5.67 Å². The minimum Gasteiger partial charge on any atom is -0.349 e. The normalized spacial score (nSPS) is 16.7. The summed E-state index contributed by atoms with van der Waals surface area (Å²) in [5.41, 5.74) is 3.07. The zero-order valence-corrected chi connectivity index (χ0v) is 21.1. The topological polar surface area (TPSA) is 104 Å². The number of carbonyl (C=O) groups is 1. The average molecular weight is 490 g/mol. The molecule has 0 bridgehead atoms. The predicted molar refractivity (Wildman–Crippen MR) is 139 cm³/mol. The van der Waals surface area contributed by atoms with E-state index in [-0.39, 0.29) is 23.1 Å². The van der Waals surface area contributed by atoms with Gasteiger partial charge < -0.3 is 21.3 Å². The van der Waals surface area contributed by atoms with Crippen molar-refractivity contribution in [2.45, 2.75) is 64.2 Å². The van der Waals surface area contributed by atoms with Crippen LogP contribution in [0.25, 0.3) is 0 Å². The fraction of sp³-hybridized carbons (Fsp3) is 0.407. The van der Waals surface area contributed by atoms with Crippen molar-refractivity contribution in [2.75, 3.05) is 17.2 Å². The van der Waals surface area contributed by atoms with Gasteiger partial charge in [0.2, 0.25) is 5.95 Å². The Morgan fingerprint density at radius 2 is 1.89 bits per heavy atom. The van der Waals surface area contributed by atoms with Crippen LogP contribution in [0.5, 0.6) is 0 Å². The van der Waals surface area contributed by atoms with Gasteiger partial charge in [-0.25, -0.2) is 9.37 Å². The molecule has 3 aromatic rings. The number of nitrogens with one attached hydrogen (secondary N) is 4. The standard InChI is InChI=1S/C27H32FN7O/c1-26(2)15-29-13-16-11-18(7-8-21(16)26)34-25-31-14-20(24(36)33-17-5-6-17)23(35-25)32-19-9-10-30-22(12-19)27(3,4)28/h7-12,14,17,29H,5-6,13,15H2,1-4H3,(H,33,36)(H2,30,31,32,34,35). The van der Waals surface area contributed by atoms with Gasteiger partial charge in [-0.1, -0.05) is 19.9 Å². The molecular weight excluding hydrogens is 457 g/mol. The third kappa shape index (κ3) is 5.31. The van der Waals surface area contributed by atoms with Gasteiger partial charge in [0, 0.05) is 48.3 Å². The van der Waals surface area contributed by atoms with Gasteiger partial charge in [-0.15, -0.1) is 0 Å². The van der Waals surface area contributed by atoms with Crippen LogP contribution in [0.15, 0.2) is 42.7 Å². The highest BCUT2D eigenvalue weighted by molar-refractivity contribution is 5.99. The summed E-state index contributed by atoms with van der Waals surface area (Å²) in [6.45, 7) is 9.10. The third-order valence-corrected chi connectivity index (χ3v) is 6.55. The molecule has 1 aliphatic heterocycles. The Hall–Kier alpha value is -3.59. The van der Waals surface area contributed by atoms with E-state index in [1.165, 1.54) is 37.4 Å². The van der Waals surface area contributed by atoms with Gasteiger partial charge in [-0.2, -0.15) is 4.98 Å². The number of halogens is 1. The molecule has 3 heterocycles. The van der Waals surface area contributed by atoms with Crippen molar-refractivity contribution in [3.63, 3.8) is 0 Å². The van der Waals surface area contributed by atoms with Crippen molar-refractivity contribution >= 4 is 29.0 Å². The molecule has 0 saturated heterocycles. The van der Waals surface area contributed by atoms with E-state index in [1.807, 2.05) is 6.07 Å². The molecule has 0 atom stereocenters. The minimum absolute atomic E-state index is 0.0633. The predicted octanol–water partition coefficient (Wildman–Crippen LogP) is 4.84. The number of alkyl halides is 1. The number of benzene rings is 1. The molecular formula is C27H32FN7O. The van der Waals surface area contributed by atoms with Gasteiger partial charge in [0.05, 0.1) is 5.69 Å². The van der Waals surface area contributed by atoms with E-state index in [4.69, 9.17) is 0 Å². The van der Waals surface area contributed by atoms with Crippen LogP contribution in [0, 0.1) is 0 Å². The van der Waals surface area contributed by atoms with E-state index in [1.54, 1.807) is 12.1 Å². The molecule has 1 fully saturated rings. The number of amides is 1. The van der Waals surface area contributed by atoms with Crippen LogP contribution in [0.4, 0.5) is 27.5 Å². The highest BCUT2D eigenvalue weighted by Crippen LogP contribution is 2.32. The molecule has 36 heavy (non-hydrogen) atoms. The summed E-state index contributed by atoms with van der Waals surface area (Å²) in [4.78, 5) is 26.1. The third-order valence-electron chi connectivity index (χ3n) is 6.55. The Morgan fingerprint density at radius 1 is 1.11 bits per heavy atom. The summed E-state index contributed by atoms with van der Waals surface area (Å²) in [7, 11) is 0. The first-order valence-electron chi connectivity index (χ1n) is 12.3. The van der Waals surface area contributed by atoms with E-state index in [0.29, 0.717) is 23.0 Å². The lowest BCUT2D eigenvalue weighted by Crippen LogP contribution is -2.38. The molecule has 5 rings (SSSR count). The Morgan fingerprint density at radius 3 is 2.64 bits per heavy atom.